The molecule has 2 aromatic carbocycles. The molecule has 10 heteroatoms. The number of sulfonamides is 1. The minimum Gasteiger partial charge on any atom is -0.449 e. The number of esters is 1. The van der Waals surface area contributed by atoms with Crippen molar-refractivity contribution in [1.29, 1.82) is 0 Å². The monoisotopic (exact) mass is 468 g/mol. The topological polar surface area (TPSA) is 92.8 Å². The number of nitrogens with one attached hydrogen (secondary N) is 1. The van der Waals surface area contributed by atoms with E-state index in [1.807, 2.05) is 12.1 Å². The van der Waals surface area contributed by atoms with Crippen LogP contribution < -0.4 is 4.72 Å². The number of ether oxygens (including phenoxy) is 1. The van der Waals surface area contributed by atoms with Gasteiger partial charge in [0.25, 0.3) is 0 Å². The molecule has 158 valence electrons. The number of hydrogen-bond donors (Lipinski definition) is 1. The van der Waals surface area contributed by atoms with Crippen molar-refractivity contribution in [1.82, 2.24) is 9.62 Å². The normalized spacial score (nSPS) is 20.9. The number of carbonyl (C=O) groups excluding carboxylic acids is 2. The smallest absolute Gasteiger partial charge is 0.339 e. The number of halogens is 2. The van der Waals surface area contributed by atoms with Crippen LogP contribution in [-0.4, -0.2) is 44.8 Å². The summed E-state index contributed by atoms with van der Waals surface area (Å²) in [5.74, 6) is -0.838. The number of fused-ring (bicyclic) bond motifs is 2. The molecule has 0 radical (unpaired) electrons. The minimum atomic E-state index is -4.09. The fourth-order valence-corrected chi connectivity index (χ4v) is 6.08. The summed E-state index contributed by atoms with van der Waals surface area (Å²) in [6.45, 7) is 0.146. The lowest BCUT2D eigenvalue weighted by Gasteiger charge is -2.39. The lowest BCUT2D eigenvalue weighted by Crippen LogP contribution is -2.51. The first-order valence-electron chi connectivity index (χ1n) is 9.28. The Kier molecular flexibility index (Phi) is 5.52. The maximum atomic E-state index is 12.8. The zero-order valence-electron chi connectivity index (χ0n) is 15.7. The molecule has 1 amide bonds. The van der Waals surface area contributed by atoms with Gasteiger partial charge in [0.1, 0.15) is 4.90 Å². The molecular formula is C20H18Cl2N2O5S. The summed E-state index contributed by atoms with van der Waals surface area (Å²) in [4.78, 5) is 26.3. The molecule has 30 heavy (non-hydrogen) atoms. The largest absolute Gasteiger partial charge is 0.449 e. The maximum absolute atomic E-state index is 12.8. The maximum Gasteiger partial charge on any atom is 0.339 e. The van der Waals surface area contributed by atoms with Crippen LogP contribution in [0.25, 0.3) is 0 Å². The van der Waals surface area contributed by atoms with Crippen molar-refractivity contribution in [2.45, 2.75) is 23.3 Å². The zero-order valence-corrected chi connectivity index (χ0v) is 18.1. The molecule has 1 N–H and O–H groups in total. The van der Waals surface area contributed by atoms with E-state index in [9.17, 15) is 18.0 Å². The Labute approximate surface area is 184 Å². The molecule has 2 aromatic rings. The number of piperidine rings is 1. The molecule has 1 spiro atoms. The van der Waals surface area contributed by atoms with Crippen LogP contribution in [0.5, 0.6) is 0 Å². The lowest BCUT2D eigenvalue weighted by atomic mass is 9.85. The van der Waals surface area contributed by atoms with E-state index in [1.54, 1.807) is 12.1 Å². The highest BCUT2D eigenvalue weighted by Gasteiger charge is 2.48. The highest BCUT2D eigenvalue weighted by Crippen LogP contribution is 2.42. The van der Waals surface area contributed by atoms with Gasteiger partial charge in [-0.15, -0.1) is 0 Å². The third kappa shape index (κ3) is 3.69. The van der Waals surface area contributed by atoms with Gasteiger partial charge in [-0.1, -0.05) is 47.5 Å². The highest BCUT2D eigenvalue weighted by molar-refractivity contribution is 7.89. The van der Waals surface area contributed by atoms with Gasteiger partial charge in [-0.05, 0) is 31.0 Å². The van der Waals surface area contributed by atoms with Crippen molar-refractivity contribution in [2.75, 3.05) is 19.6 Å². The van der Waals surface area contributed by atoms with Crippen LogP contribution in [0.1, 0.15) is 28.8 Å². The summed E-state index contributed by atoms with van der Waals surface area (Å²) in [7, 11) is -4.09. The van der Waals surface area contributed by atoms with Gasteiger partial charge in [-0.25, -0.2) is 17.9 Å². The van der Waals surface area contributed by atoms with Gasteiger partial charge in [0, 0.05) is 12.1 Å². The molecule has 2 aliphatic heterocycles. The van der Waals surface area contributed by atoms with Crippen molar-refractivity contribution < 1.29 is 22.7 Å². The first kappa shape index (κ1) is 21.1. The molecule has 1 atom stereocenters. The van der Waals surface area contributed by atoms with Crippen LogP contribution in [-0.2, 0) is 25.2 Å². The number of rotatable bonds is 4. The van der Waals surface area contributed by atoms with E-state index in [1.165, 1.54) is 23.1 Å². The van der Waals surface area contributed by atoms with Crippen molar-refractivity contribution in [3.05, 3.63) is 63.6 Å². The van der Waals surface area contributed by atoms with Crippen LogP contribution in [0.2, 0.25) is 10.0 Å². The number of amides is 1. The van der Waals surface area contributed by atoms with E-state index >= 15 is 0 Å². The Morgan fingerprint density at radius 1 is 1.13 bits per heavy atom. The van der Waals surface area contributed by atoms with Crippen molar-refractivity contribution in [2.24, 2.45) is 0 Å². The summed E-state index contributed by atoms with van der Waals surface area (Å²) in [6.07, 6.45) is 1.22. The average molecular weight is 469 g/mol. The third-order valence-electron chi connectivity index (χ3n) is 5.33. The molecule has 1 unspecified atom stereocenters. The standard InChI is InChI=1S/C20H18Cl2N2O5S/c21-15-7-3-8-16(22)18(15)30(27,28)23-11-17(25)24-10-4-9-20(12-24)14-6-2-1-5-13(14)19(26)29-20/h1-3,5-8,23H,4,9-12H2. The van der Waals surface area contributed by atoms with Gasteiger partial charge in [0.05, 0.1) is 28.7 Å². The molecule has 4 rings (SSSR count). The number of carbonyl (C=O) groups is 2. The second-order valence-corrected chi connectivity index (χ2v) is 9.74. The minimum absolute atomic E-state index is 0.0335. The number of hydrogen-bond acceptors (Lipinski definition) is 5. The Hall–Kier alpha value is -2.13. The number of nitrogens with zero attached hydrogens (tertiary/aromatic N) is 1. The molecule has 0 aliphatic carbocycles. The van der Waals surface area contributed by atoms with Crippen molar-refractivity contribution in [3.8, 4) is 0 Å². The van der Waals surface area contributed by atoms with Gasteiger partial charge < -0.3 is 9.64 Å². The molecule has 0 saturated carbocycles. The molecule has 7 nitrogen and oxygen atoms in total. The second-order valence-electron chi connectivity index (χ2n) is 7.22. The molecule has 0 bridgehead atoms. The fraction of sp³-hybridized carbons (Fsp3) is 0.300. The molecule has 1 saturated heterocycles. The Bertz CT molecular complexity index is 1120. The summed E-state index contributed by atoms with van der Waals surface area (Å²) in [5, 5.41) is -0.0669. The van der Waals surface area contributed by atoms with Crippen LogP contribution >= 0.6 is 23.2 Å². The third-order valence-corrected chi connectivity index (χ3v) is 7.69. The van der Waals surface area contributed by atoms with Gasteiger partial charge >= 0.3 is 5.97 Å². The predicted octanol–water partition coefficient (Wildman–Crippen LogP) is 2.96. The van der Waals surface area contributed by atoms with Crippen LogP contribution in [0.3, 0.4) is 0 Å². The zero-order chi connectivity index (χ0) is 21.5. The number of likely N-dealkylation sites (tertiary alicyclic amines) is 1. The summed E-state index contributed by atoms with van der Waals surface area (Å²) >= 11 is 11.9. The van der Waals surface area contributed by atoms with Crippen LogP contribution in [0.4, 0.5) is 0 Å². The predicted molar refractivity (Wildman–Crippen MR) is 111 cm³/mol. The van der Waals surface area contributed by atoms with Gasteiger partial charge in [-0.3, -0.25) is 4.79 Å². The van der Waals surface area contributed by atoms with Gasteiger partial charge in [0.15, 0.2) is 5.60 Å². The first-order chi connectivity index (χ1) is 14.2. The summed E-state index contributed by atoms with van der Waals surface area (Å²) < 4.78 is 33.1. The average Bonchev–Trinajstić information content (AvgIpc) is 2.97. The second kappa shape index (κ2) is 7.85. The van der Waals surface area contributed by atoms with Gasteiger partial charge in [-0.2, -0.15) is 0 Å². The highest BCUT2D eigenvalue weighted by atomic mass is 35.5. The SMILES string of the molecule is O=C1OC2(CCCN(C(=O)CNS(=O)(=O)c3c(Cl)cccc3Cl)C2)c2ccccc21. The molecule has 0 aromatic heterocycles. The van der Waals surface area contributed by atoms with E-state index in [0.29, 0.717) is 24.9 Å². The first-order valence-corrected chi connectivity index (χ1v) is 11.5. The van der Waals surface area contributed by atoms with Gasteiger partial charge in [0.2, 0.25) is 15.9 Å². The van der Waals surface area contributed by atoms with Crippen molar-refractivity contribution in [3.63, 3.8) is 0 Å². The molecule has 2 heterocycles. The Balaban J connectivity index is 1.49. The molecule has 2 aliphatic rings. The van der Waals surface area contributed by atoms with Crippen LogP contribution in [0.15, 0.2) is 47.4 Å². The summed E-state index contributed by atoms with van der Waals surface area (Å²) in [6, 6.07) is 11.5. The van der Waals surface area contributed by atoms with Crippen molar-refractivity contribution >= 4 is 45.1 Å². The quantitative estimate of drug-likeness (QED) is 0.696. The van der Waals surface area contributed by atoms with Crippen LogP contribution in [0, 0.1) is 0 Å². The Morgan fingerprint density at radius 3 is 2.57 bits per heavy atom. The van der Waals surface area contributed by atoms with E-state index in [2.05, 4.69) is 4.72 Å². The lowest BCUT2D eigenvalue weighted by molar-refractivity contribution is -0.137. The fourth-order valence-electron chi connectivity index (χ4n) is 3.96. The molecular weight excluding hydrogens is 451 g/mol. The van der Waals surface area contributed by atoms with E-state index in [-0.39, 0.29) is 21.5 Å². The Morgan fingerprint density at radius 2 is 1.83 bits per heavy atom. The summed E-state index contributed by atoms with van der Waals surface area (Å²) in [5.41, 5.74) is 0.365. The number of benzene rings is 2. The van der Waals surface area contributed by atoms with E-state index in [4.69, 9.17) is 27.9 Å². The van der Waals surface area contributed by atoms with E-state index in [0.717, 1.165) is 5.56 Å². The molecule has 1 fully saturated rings. The van der Waals surface area contributed by atoms with E-state index < -0.39 is 34.0 Å².